The van der Waals surface area contributed by atoms with Crippen molar-refractivity contribution in [1.82, 2.24) is 24.6 Å². The van der Waals surface area contributed by atoms with E-state index in [0.717, 1.165) is 55.0 Å². The van der Waals surface area contributed by atoms with Gasteiger partial charge in [0.05, 0.1) is 24.5 Å². The summed E-state index contributed by atoms with van der Waals surface area (Å²) in [4.78, 5) is 19.1. The predicted octanol–water partition coefficient (Wildman–Crippen LogP) is 5.20. The molecular formula is C30H33F3N8O2. The fourth-order valence-corrected chi connectivity index (χ4v) is 5.39. The van der Waals surface area contributed by atoms with Crippen LogP contribution < -0.4 is 20.0 Å². The number of hydroxylamine groups is 1. The Hall–Kier alpha value is -4.36. The Balaban J connectivity index is 1.37. The van der Waals surface area contributed by atoms with Gasteiger partial charge in [-0.3, -0.25) is 9.52 Å². The molecule has 10 nitrogen and oxygen atoms in total. The molecule has 2 aromatic carbocycles. The number of nitrogens with one attached hydrogen (secondary N) is 1. The van der Waals surface area contributed by atoms with Gasteiger partial charge in [-0.05, 0) is 18.7 Å². The Morgan fingerprint density at radius 1 is 1.02 bits per heavy atom. The van der Waals surface area contributed by atoms with Crippen LogP contribution >= 0.6 is 0 Å². The molecule has 0 bridgehead atoms. The molecule has 2 saturated heterocycles. The van der Waals surface area contributed by atoms with Crippen LogP contribution in [0.4, 0.5) is 36.2 Å². The largest absolute Gasteiger partial charge is 0.482 e. The van der Waals surface area contributed by atoms with E-state index in [1.54, 1.807) is 34.1 Å². The van der Waals surface area contributed by atoms with E-state index < -0.39 is 12.8 Å². The number of hydrogen-bond acceptors (Lipinski definition) is 9. The average Bonchev–Trinajstić information content (AvgIpc) is 3.67. The zero-order chi connectivity index (χ0) is 30.0. The van der Waals surface area contributed by atoms with Crippen molar-refractivity contribution in [2.75, 3.05) is 61.7 Å². The van der Waals surface area contributed by atoms with Gasteiger partial charge in [0.25, 0.3) is 0 Å². The smallest absolute Gasteiger partial charge is 0.422 e. The highest BCUT2D eigenvalue weighted by atomic mass is 19.4. The van der Waals surface area contributed by atoms with Gasteiger partial charge in [-0.2, -0.15) is 18.3 Å². The van der Waals surface area contributed by atoms with Crippen LogP contribution in [-0.4, -0.2) is 77.3 Å². The molecule has 0 saturated carbocycles. The van der Waals surface area contributed by atoms with Gasteiger partial charge in [0.2, 0.25) is 0 Å². The van der Waals surface area contributed by atoms with Gasteiger partial charge < -0.3 is 19.9 Å². The van der Waals surface area contributed by atoms with Crippen molar-refractivity contribution in [3.05, 3.63) is 72.8 Å². The van der Waals surface area contributed by atoms with Gasteiger partial charge in [-0.25, -0.2) is 15.0 Å². The van der Waals surface area contributed by atoms with Crippen molar-refractivity contribution in [3.8, 4) is 16.9 Å². The van der Waals surface area contributed by atoms with Gasteiger partial charge in [-0.15, -0.1) is 0 Å². The van der Waals surface area contributed by atoms with Gasteiger partial charge in [-0.1, -0.05) is 30.3 Å². The van der Waals surface area contributed by atoms with E-state index in [1.165, 1.54) is 6.33 Å². The molecule has 2 aliphatic heterocycles. The first-order chi connectivity index (χ1) is 20.7. The first-order valence-electron chi connectivity index (χ1n) is 14.1. The molecule has 226 valence electrons. The summed E-state index contributed by atoms with van der Waals surface area (Å²) in [6, 6.07) is 15.2. The van der Waals surface area contributed by atoms with Crippen LogP contribution in [0.1, 0.15) is 18.0 Å². The van der Waals surface area contributed by atoms with Crippen LogP contribution in [-0.2, 0) is 11.9 Å². The number of halogens is 3. The molecule has 0 aliphatic carbocycles. The summed E-state index contributed by atoms with van der Waals surface area (Å²) in [6.07, 6.45) is 1.31. The number of likely N-dealkylation sites (N-methyl/N-ethyl adjacent to an activating group) is 1. The van der Waals surface area contributed by atoms with Crippen molar-refractivity contribution in [2.45, 2.75) is 18.6 Å². The van der Waals surface area contributed by atoms with Crippen LogP contribution in [0.2, 0.25) is 0 Å². The quantitative estimate of drug-likeness (QED) is 0.296. The minimum Gasteiger partial charge on any atom is -0.482 e. The number of nitrogens with zero attached hydrogens (tertiary/aromatic N) is 7. The first-order valence-corrected chi connectivity index (χ1v) is 14.1. The van der Waals surface area contributed by atoms with Crippen molar-refractivity contribution in [3.63, 3.8) is 0 Å². The van der Waals surface area contributed by atoms with Crippen molar-refractivity contribution >= 4 is 23.0 Å². The minimum atomic E-state index is -4.51. The van der Waals surface area contributed by atoms with Gasteiger partial charge in [0.1, 0.15) is 17.9 Å². The molecule has 43 heavy (non-hydrogen) atoms. The Labute approximate surface area is 247 Å². The normalized spacial score (nSPS) is 17.8. The fraction of sp³-hybridized carbons (Fsp3) is 0.367. The van der Waals surface area contributed by atoms with E-state index in [1.807, 2.05) is 43.6 Å². The molecule has 0 amide bonds. The number of piperazine rings is 1. The molecule has 2 fully saturated rings. The van der Waals surface area contributed by atoms with E-state index >= 15 is 0 Å². The summed E-state index contributed by atoms with van der Waals surface area (Å²) in [5, 5.41) is 9.29. The summed E-state index contributed by atoms with van der Waals surface area (Å²) in [6.45, 7) is 2.22. The third-order valence-corrected chi connectivity index (χ3v) is 7.58. The lowest BCUT2D eigenvalue weighted by atomic mass is 10.0. The zero-order valence-electron chi connectivity index (χ0n) is 24.0. The Kier molecular flexibility index (Phi) is 8.08. The number of alkyl halides is 3. The molecule has 6 rings (SSSR count). The first kappa shape index (κ1) is 28.7. The average molecular weight is 595 g/mol. The number of aryl methyl sites for hydroxylation is 1. The van der Waals surface area contributed by atoms with Crippen LogP contribution in [0.3, 0.4) is 0 Å². The van der Waals surface area contributed by atoms with E-state index in [4.69, 9.17) is 9.57 Å². The summed E-state index contributed by atoms with van der Waals surface area (Å²) >= 11 is 0. The van der Waals surface area contributed by atoms with Gasteiger partial charge >= 0.3 is 6.18 Å². The van der Waals surface area contributed by atoms with Crippen LogP contribution in [0.5, 0.6) is 5.75 Å². The number of anilines is 4. The second-order valence-electron chi connectivity index (χ2n) is 10.7. The number of aromatic nitrogens is 4. The van der Waals surface area contributed by atoms with E-state index in [0.29, 0.717) is 23.9 Å². The SMILES string of the molecule is CN1CCN(c2cc(OCC(F)(F)F)c(Nc3cc(N4OCC[C@@H]4c4ccccc4)ncn3)cc2-c2cnn(C)c2)CC1. The van der Waals surface area contributed by atoms with E-state index in [9.17, 15) is 13.2 Å². The monoisotopic (exact) mass is 594 g/mol. The predicted molar refractivity (Wildman–Crippen MR) is 157 cm³/mol. The molecule has 0 unspecified atom stereocenters. The second-order valence-corrected chi connectivity index (χ2v) is 10.7. The number of benzene rings is 2. The number of ether oxygens (including phenoxy) is 1. The maximum Gasteiger partial charge on any atom is 0.422 e. The lowest BCUT2D eigenvalue weighted by Gasteiger charge is -2.35. The summed E-state index contributed by atoms with van der Waals surface area (Å²) in [7, 11) is 3.88. The van der Waals surface area contributed by atoms with Crippen LogP contribution in [0.25, 0.3) is 11.1 Å². The highest BCUT2D eigenvalue weighted by Crippen LogP contribution is 2.42. The third-order valence-electron chi connectivity index (χ3n) is 7.58. The summed E-state index contributed by atoms with van der Waals surface area (Å²) in [5.41, 5.74) is 3.87. The fourth-order valence-electron chi connectivity index (χ4n) is 5.39. The minimum absolute atomic E-state index is 0.0327. The van der Waals surface area contributed by atoms with Crippen LogP contribution in [0.15, 0.2) is 67.3 Å². The third kappa shape index (κ3) is 6.67. The molecule has 0 radical (unpaired) electrons. The molecule has 4 heterocycles. The van der Waals surface area contributed by atoms with Crippen LogP contribution in [0, 0.1) is 0 Å². The Morgan fingerprint density at radius 2 is 1.81 bits per heavy atom. The highest BCUT2D eigenvalue weighted by Gasteiger charge is 2.31. The zero-order valence-corrected chi connectivity index (χ0v) is 24.0. The van der Waals surface area contributed by atoms with Crippen molar-refractivity contribution in [1.29, 1.82) is 0 Å². The summed E-state index contributed by atoms with van der Waals surface area (Å²) in [5.74, 6) is 0.982. The van der Waals surface area contributed by atoms with E-state index in [-0.39, 0.29) is 11.8 Å². The standard InChI is InChI=1S/C30H33F3N8O2/c1-38-9-11-40(12-10-38)26-15-27(42-19-30(31,32)33)24(14-23(26)22-17-36-39(2)18-22)37-28-16-29(35-20-34-28)41-25(8-13-43-41)21-6-4-3-5-7-21/h3-7,14-18,20,25H,8-13,19H2,1-2H3,(H,34,35,37)/t25-/m1/s1. The Bertz CT molecular complexity index is 1540. The number of hydrogen-bond donors (Lipinski definition) is 1. The topological polar surface area (TPSA) is 83.8 Å². The maximum atomic E-state index is 13.3. The molecule has 13 heteroatoms. The lowest BCUT2D eigenvalue weighted by molar-refractivity contribution is -0.153. The Morgan fingerprint density at radius 3 is 2.53 bits per heavy atom. The highest BCUT2D eigenvalue weighted by molar-refractivity contribution is 5.85. The molecule has 2 aromatic heterocycles. The van der Waals surface area contributed by atoms with Gasteiger partial charge in [0, 0.05) is 74.8 Å². The maximum absolute atomic E-state index is 13.3. The molecule has 1 N–H and O–H groups in total. The summed E-state index contributed by atoms with van der Waals surface area (Å²) < 4.78 is 47.1. The van der Waals surface area contributed by atoms with Crippen molar-refractivity contribution < 1.29 is 22.7 Å². The molecular weight excluding hydrogens is 561 g/mol. The second kappa shape index (κ2) is 12.1. The molecule has 2 aliphatic rings. The lowest BCUT2D eigenvalue weighted by Crippen LogP contribution is -2.44. The number of rotatable bonds is 8. The molecule has 1 atom stereocenters. The molecule has 4 aromatic rings. The van der Waals surface area contributed by atoms with Crippen molar-refractivity contribution in [2.24, 2.45) is 7.05 Å². The van der Waals surface area contributed by atoms with Gasteiger partial charge in [0.15, 0.2) is 12.4 Å². The molecule has 0 spiro atoms. The van der Waals surface area contributed by atoms with E-state index in [2.05, 4.69) is 37.2 Å².